The van der Waals surface area contributed by atoms with Crippen LogP contribution in [0.15, 0.2) is 0 Å². The summed E-state index contributed by atoms with van der Waals surface area (Å²) < 4.78 is 0.738. The molecule has 5 heteroatoms. The molecule has 1 saturated heterocycles. The molecule has 1 heterocycles. The molecule has 1 fully saturated rings. The molecular formula is C9H16N2OS2. The Morgan fingerprint density at radius 2 is 2.14 bits per heavy atom. The topological polar surface area (TPSA) is 23.6 Å². The lowest BCUT2D eigenvalue weighted by Gasteiger charge is -2.22. The van der Waals surface area contributed by atoms with E-state index in [2.05, 4.69) is 18.7 Å². The zero-order chi connectivity index (χ0) is 10.6. The van der Waals surface area contributed by atoms with E-state index < -0.39 is 0 Å². The Hall–Kier alpha value is -0.130. The van der Waals surface area contributed by atoms with Gasteiger partial charge in [-0.25, -0.2) is 0 Å². The molecule has 80 valence electrons. The molecule has 3 nitrogen and oxygen atoms in total. The third-order valence-electron chi connectivity index (χ3n) is 2.37. The van der Waals surface area contributed by atoms with E-state index >= 15 is 0 Å². The highest BCUT2D eigenvalue weighted by Gasteiger charge is 2.26. The van der Waals surface area contributed by atoms with E-state index in [-0.39, 0.29) is 5.91 Å². The molecule has 1 aliphatic rings. The predicted octanol–water partition coefficient (Wildman–Crippen LogP) is 1.19. The molecule has 0 radical (unpaired) electrons. The van der Waals surface area contributed by atoms with Crippen molar-refractivity contribution < 1.29 is 4.79 Å². The van der Waals surface area contributed by atoms with Gasteiger partial charge in [-0.3, -0.25) is 9.69 Å². The van der Waals surface area contributed by atoms with Crippen LogP contribution in [-0.4, -0.2) is 52.0 Å². The molecule has 0 bridgehead atoms. The minimum atomic E-state index is 0.159. The molecule has 0 spiro atoms. The summed E-state index contributed by atoms with van der Waals surface area (Å²) in [6.07, 6.45) is 0. The van der Waals surface area contributed by atoms with Crippen molar-refractivity contribution in [2.45, 2.75) is 13.8 Å². The van der Waals surface area contributed by atoms with Crippen LogP contribution in [0.1, 0.15) is 13.8 Å². The van der Waals surface area contributed by atoms with Gasteiger partial charge in [0.1, 0.15) is 4.32 Å². The van der Waals surface area contributed by atoms with Gasteiger partial charge in [-0.1, -0.05) is 37.8 Å². The average Bonchev–Trinajstić information content (AvgIpc) is 2.50. The largest absolute Gasteiger partial charge is 0.302 e. The third kappa shape index (κ3) is 2.93. The zero-order valence-electron chi connectivity index (χ0n) is 8.65. The number of hydrogen-bond acceptors (Lipinski definition) is 4. The van der Waals surface area contributed by atoms with Crippen LogP contribution >= 0.6 is 24.0 Å². The fourth-order valence-corrected chi connectivity index (χ4v) is 2.50. The number of hydrogen-bond donors (Lipinski definition) is 0. The number of rotatable bonds is 5. The summed E-state index contributed by atoms with van der Waals surface area (Å²) in [7, 11) is 0. The Morgan fingerprint density at radius 3 is 2.57 bits per heavy atom. The van der Waals surface area contributed by atoms with Crippen LogP contribution in [-0.2, 0) is 4.79 Å². The van der Waals surface area contributed by atoms with Gasteiger partial charge in [0, 0.05) is 13.1 Å². The maximum absolute atomic E-state index is 11.4. The Labute approximate surface area is 94.8 Å². The summed E-state index contributed by atoms with van der Waals surface area (Å²) in [5.41, 5.74) is 0. The van der Waals surface area contributed by atoms with Crippen molar-refractivity contribution in [3.05, 3.63) is 0 Å². The number of thioether (sulfide) groups is 1. The van der Waals surface area contributed by atoms with E-state index in [0.29, 0.717) is 5.75 Å². The molecule has 1 rings (SSSR count). The summed E-state index contributed by atoms with van der Waals surface area (Å²) in [5, 5.41) is 0. The maximum Gasteiger partial charge on any atom is 0.238 e. The number of carbonyl (C=O) groups is 1. The highest BCUT2D eigenvalue weighted by molar-refractivity contribution is 8.23. The minimum Gasteiger partial charge on any atom is -0.302 e. The monoisotopic (exact) mass is 232 g/mol. The first-order valence-electron chi connectivity index (χ1n) is 4.88. The fraction of sp³-hybridized carbons (Fsp3) is 0.778. The van der Waals surface area contributed by atoms with Crippen LogP contribution in [0.25, 0.3) is 0 Å². The van der Waals surface area contributed by atoms with Crippen LogP contribution in [0.2, 0.25) is 0 Å². The molecule has 0 unspecified atom stereocenters. The lowest BCUT2D eigenvalue weighted by molar-refractivity contribution is -0.124. The Bertz CT molecular complexity index is 213. The van der Waals surface area contributed by atoms with Gasteiger partial charge in [0.05, 0.1) is 5.75 Å². The quantitative estimate of drug-likeness (QED) is 0.664. The first-order valence-corrected chi connectivity index (χ1v) is 6.27. The highest BCUT2D eigenvalue weighted by Crippen LogP contribution is 2.18. The van der Waals surface area contributed by atoms with Gasteiger partial charge in [0.15, 0.2) is 0 Å². The third-order valence-corrected chi connectivity index (χ3v) is 3.81. The van der Waals surface area contributed by atoms with Crippen molar-refractivity contribution in [2.24, 2.45) is 0 Å². The first-order chi connectivity index (χ1) is 6.69. The molecule has 0 saturated carbocycles. The second-order valence-electron chi connectivity index (χ2n) is 3.13. The van der Waals surface area contributed by atoms with E-state index in [9.17, 15) is 4.79 Å². The number of carbonyl (C=O) groups excluding carboxylic acids is 1. The second kappa shape index (κ2) is 5.68. The lowest BCUT2D eigenvalue weighted by atomic mass is 10.4. The van der Waals surface area contributed by atoms with E-state index in [1.165, 1.54) is 11.8 Å². The number of thiocarbonyl (C=S) groups is 1. The summed E-state index contributed by atoms with van der Waals surface area (Å²) in [4.78, 5) is 15.4. The van der Waals surface area contributed by atoms with E-state index in [1.54, 1.807) is 4.90 Å². The van der Waals surface area contributed by atoms with Crippen molar-refractivity contribution in [1.82, 2.24) is 9.80 Å². The number of nitrogens with zero attached hydrogens (tertiary/aromatic N) is 2. The van der Waals surface area contributed by atoms with E-state index in [4.69, 9.17) is 12.2 Å². The van der Waals surface area contributed by atoms with Gasteiger partial charge >= 0.3 is 0 Å². The van der Waals surface area contributed by atoms with E-state index in [0.717, 1.165) is 30.5 Å². The van der Waals surface area contributed by atoms with Crippen LogP contribution in [0.5, 0.6) is 0 Å². The molecule has 1 aliphatic heterocycles. The van der Waals surface area contributed by atoms with Crippen molar-refractivity contribution in [3.63, 3.8) is 0 Å². The van der Waals surface area contributed by atoms with E-state index in [1.807, 2.05) is 0 Å². The fourth-order valence-electron chi connectivity index (χ4n) is 1.38. The van der Waals surface area contributed by atoms with Crippen molar-refractivity contribution in [2.75, 3.05) is 31.9 Å². The smallest absolute Gasteiger partial charge is 0.238 e. The van der Waals surface area contributed by atoms with Gasteiger partial charge in [0.2, 0.25) is 5.91 Å². The molecule has 0 aromatic heterocycles. The van der Waals surface area contributed by atoms with Crippen LogP contribution in [0, 0.1) is 0 Å². The maximum atomic E-state index is 11.4. The molecule has 0 N–H and O–H groups in total. The van der Waals surface area contributed by atoms with Crippen molar-refractivity contribution in [1.29, 1.82) is 0 Å². The van der Waals surface area contributed by atoms with Gasteiger partial charge in [0.25, 0.3) is 0 Å². The molecular weight excluding hydrogens is 216 g/mol. The average molecular weight is 232 g/mol. The number of amides is 1. The lowest BCUT2D eigenvalue weighted by Crippen LogP contribution is -2.37. The second-order valence-corrected chi connectivity index (χ2v) is 4.74. The summed E-state index contributed by atoms with van der Waals surface area (Å²) >= 11 is 6.56. The van der Waals surface area contributed by atoms with Gasteiger partial charge in [-0.05, 0) is 13.1 Å². The summed E-state index contributed by atoms with van der Waals surface area (Å²) in [6, 6.07) is 0. The molecule has 0 atom stereocenters. The Balaban J connectivity index is 2.36. The Morgan fingerprint density at radius 1 is 1.50 bits per heavy atom. The van der Waals surface area contributed by atoms with Gasteiger partial charge in [-0.2, -0.15) is 0 Å². The van der Waals surface area contributed by atoms with Crippen LogP contribution in [0.4, 0.5) is 0 Å². The van der Waals surface area contributed by atoms with Crippen LogP contribution < -0.4 is 0 Å². The molecule has 14 heavy (non-hydrogen) atoms. The molecule has 1 amide bonds. The molecule has 0 aliphatic carbocycles. The molecule has 0 aromatic carbocycles. The van der Waals surface area contributed by atoms with Crippen molar-refractivity contribution >= 4 is 34.2 Å². The normalized spacial score (nSPS) is 17.2. The van der Waals surface area contributed by atoms with Gasteiger partial charge in [-0.15, -0.1) is 0 Å². The highest BCUT2D eigenvalue weighted by atomic mass is 32.2. The zero-order valence-corrected chi connectivity index (χ0v) is 10.3. The van der Waals surface area contributed by atoms with Crippen molar-refractivity contribution in [3.8, 4) is 0 Å². The SMILES string of the molecule is CCN(CC)CCN1C(=O)CSC1=S. The van der Waals surface area contributed by atoms with Crippen LogP contribution in [0.3, 0.4) is 0 Å². The predicted molar refractivity (Wildman–Crippen MR) is 64.6 cm³/mol. The summed E-state index contributed by atoms with van der Waals surface area (Å²) in [6.45, 7) is 7.97. The molecule has 0 aromatic rings. The Kier molecular flexibility index (Phi) is 4.84. The minimum absolute atomic E-state index is 0.159. The summed E-state index contributed by atoms with van der Waals surface area (Å²) in [5.74, 6) is 0.684. The first kappa shape index (κ1) is 11.9. The standard InChI is InChI=1S/C9H16N2OS2/c1-3-10(4-2)5-6-11-8(12)7-14-9(11)13/h3-7H2,1-2H3. The number of likely N-dealkylation sites (N-methyl/N-ethyl adjacent to an activating group) is 1. The van der Waals surface area contributed by atoms with Gasteiger partial charge < -0.3 is 4.90 Å².